The molecule has 7 nitrogen and oxygen atoms in total. The lowest BCUT2D eigenvalue weighted by atomic mass is 10.3. The zero-order valence-corrected chi connectivity index (χ0v) is 16.1. The van der Waals surface area contributed by atoms with Crippen LogP contribution in [-0.4, -0.2) is 69.0 Å². The molecule has 1 N–H and O–H groups in total. The molecule has 2 aromatic rings. The molecule has 0 saturated carbocycles. The Morgan fingerprint density at radius 1 is 1.31 bits per heavy atom. The number of aromatic nitrogens is 2. The molecule has 2 heterocycles. The number of nitrogens with one attached hydrogen (secondary N) is 1. The minimum Gasteiger partial charge on any atom is -0.323 e. The van der Waals surface area contributed by atoms with Crippen LogP contribution in [0, 0.1) is 0 Å². The molecule has 26 heavy (non-hydrogen) atoms. The van der Waals surface area contributed by atoms with E-state index in [9.17, 15) is 9.59 Å². The van der Waals surface area contributed by atoms with Crippen molar-refractivity contribution in [2.24, 2.45) is 0 Å². The second-order valence-electron chi connectivity index (χ2n) is 6.22. The van der Waals surface area contributed by atoms with E-state index in [1.54, 1.807) is 4.90 Å². The molecule has 1 aromatic carbocycles. The van der Waals surface area contributed by atoms with Gasteiger partial charge in [-0.2, -0.15) is 0 Å². The normalized spacial score (nSPS) is 14.6. The van der Waals surface area contributed by atoms with E-state index in [1.807, 2.05) is 28.8 Å². The summed E-state index contributed by atoms with van der Waals surface area (Å²) in [7, 11) is 0. The SMILES string of the molecule is CCN(CC)CCn1c(NC(=O)CN2CSCC2=O)nc2ccccc21. The van der Waals surface area contributed by atoms with Crippen molar-refractivity contribution in [3.05, 3.63) is 24.3 Å². The van der Waals surface area contributed by atoms with E-state index in [0.29, 0.717) is 17.6 Å². The Hall–Kier alpha value is -2.06. The molecule has 0 bridgehead atoms. The van der Waals surface area contributed by atoms with Crippen LogP contribution in [0.1, 0.15) is 13.8 Å². The number of thioether (sulfide) groups is 1. The summed E-state index contributed by atoms with van der Waals surface area (Å²) in [4.78, 5) is 32.6. The van der Waals surface area contributed by atoms with Crippen LogP contribution < -0.4 is 5.32 Å². The van der Waals surface area contributed by atoms with E-state index in [0.717, 1.165) is 37.2 Å². The summed E-state index contributed by atoms with van der Waals surface area (Å²) < 4.78 is 2.05. The highest BCUT2D eigenvalue weighted by molar-refractivity contribution is 8.00. The van der Waals surface area contributed by atoms with Gasteiger partial charge in [0.05, 0.1) is 22.7 Å². The van der Waals surface area contributed by atoms with E-state index < -0.39 is 0 Å². The van der Waals surface area contributed by atoms with Crippen LogP contribution in [-0.2, 0) is 16.1 Å². The Bertz CT molecular complexity index is 787. The zero-order valence-electron chi connectivity index (χ0n) is 15.3. The molecular formula is C18H25N5O2S. The number of likely N-dealkylation sites (N-methyl/N-ethyl adjacent to an activating group) is 1. The lowest BCUT2D eigenvalue weighted by molar-refractivity contribution is -0.130. The Labute approximate surface area is 157 Å². The van der Waals surface area contributed by atoms with Crippen LogP contribution >= 0.6 is 11.8 Å². The highest BCUT2D eigenvalue weighted by Crippen LogP contribution is 2.20. The van der Waals surface area contributed by atoms with Gasteiger partial charge in [-0.25, -0.2) is 4.98 Å². The number of benzene rings is 1. The third kappa shape index (κ3) is 4.19. The Balaban J connectivity index is 1.76. The van der Waals surface area contributed by atoms with E-state index >= 15 is 0 Å². The van der Waals surface area contributed by atoms with Crippen LogP contribution in [0.15, 0.2) is 24.3 Å². The molecular weight excluding hydrogens is 350 g/mol. The number of fused-ring (bicyclic) bond motifs is 1. The van der Waals surface area contributed by atoms with Crippen LogP contribution in [0.4, 0.5) is 5.95 Å². The van der Waals surface area contributed by atoms with Crippen LogP contribution in [0.3, 0.4) is 0 Å². The first kappa shape index (κ1) is 18.7. The molecule has 0 spiro atoms. The quantitative estimate of drug-likeness (QED) is 0.762. The first-order valence-corrected chi connectivity index (χ1v) is 10.1. The fourth-order valence-corrected chi connectivity index (χ4v) is 3.96. The molecule has 140 valence electrons. The van der Waals surface area contributed by atoms with Gasteiger partial charge in [0.1, 0.15) is 6.54 Å². The molecule has 0 atom stereocenters. The highest BCUT2D eigenvalue weighted by atomic mass is 32.2. The number of carbonyl (C=O) groups is 2. The van der Waals surface area contributed by atoms with E-state index in [1.165, 1.54) is 11.8 Å². The summed E-state index contributed by atoms with van der Waals surface area (Å²) in [6, 6.07) is 7.87. The third-order valence-corrected chi connectivity index (χ3v) is 5.55. The predicted molar refractivity (Wildman–Crippen MR) is 105 cm³/mol. The predicted octanol–water partition coefficient (Wildman–Crippen LogP) is 1.85. The molecule has 1 aromatic heterocycles. The van der Waals surface area contributed by atoms with Crippen molar-refractivity contribution in [1.82, 2.24) is 19.4 Å². The van der Waals surface area contributed by atoms with Crippen molar-refractivity contribution < 1.29 is 9.59 Å². The zero-order chi connectivity index (χ0) is 18.5. The van der Waals surface area contributed by atoms with Crippen molar-refractivity contribution in [3.8, 4) is 0 Å². The minimum atomic E-state index is -0.208. The molecule has 8 heteroatoms. The maximum Gasteiger partial charge on any atom is 0.246 e. The van der Waals surface area contributed by atoms with Gasteiger partial charge in [0, 0.05) is 13.1 Å². The number of carbonyl (C=O) groups excluding carboxylic acids is 2. The van der Waals surface area contributed by atoms with Gasteiger partial charge >= 0.3 is 0 Å². The minimum absolute atomic E-state index is 0.0141. The number of hydrogen-bond donors (Lipinski definition) is 1. The maximum atomic E-state index is 12.4. The second-order valence-corrected chi connectivity index (χ2v) is 7.18. The van der Waals surface area contributed by atoms with Gasteiger partial charge in [0.2, 0.25) is 17.8 Å². The van der Waals surface area contributed by atoms with E-state index in [-0.39, 0.29) is 18.4 Å². The van der Waals surface area contributed by atoms with E-state index in [4.69, 9.17) is 0 Å². The molecule has 0 unspecified atom stereocenters. The number of imidazole rings is 1. The smallest absolute Gasteiger partial charge is 0.246 e. The topological polar surface area (TPSA) is 70.5 Å². The monoisotopic (exact) mass is 375 g/mol. The summed E-state index contributed by atoms with van der Waals surface area (Å²) in [6.07, 6.45) is 0. The van der Waals surface area contributed by atoms with Gasteiger partial charge < -0.3 is 14.4 Å². The first-order valence-electron chi connectivity index (χ1n) is 8.95. The lowest BCUT2D eigenvalue weighted by Crippen LogP contribution is -2.35. The first-order chi connectivity index (χ1) is 12.6. The van der Waals surface area contributed by atoms with Crippen molar-refractivity contribution in [2.75, 3.05) is 43.1 Å². The third-order valence-electron chi connectivity index (χ3n) is 4.60. The summed E-state index contributed by atoms with van der Waals surface area (Å²) >= 11 is 1.53. The van der Waals surface area contributed by atoms with Crippen LogP contribution in [0.2, 0.25) is 0 Å². The summed E-state index contributed by atoms with van der Waals surface area (Å²) in [5, 5.41) is 2.90. The van der Waals surface area contributed by atoms with Crippen molar-refractivity contribution in [3.63, 3.8) is 0 Å². The largest absolute Gasteiger partial charge is 0.323 e. The number of para-hydroxylation sites is 2. The van der Waals surface area contributed by atoms with Gasteiger partial charge in [-0.1, -0.05) is 26.0 Å². The lowest BCUT2D eigenvalue weighted by Gasteiger charge is -2.19. The molecule has 0 radical (unpaired) electrons. The molecule has 1 aliphatic heterocycles. The number of nitrogens with zero attached hydrogens (tertiary/aromatic N) is 4. The summed E-state index contributed by atoms with van der Waals surface area (Å²) in [5.74, 6) is 1.38. The van der Waals surface area contributed by atoms with Gasteiger partial charge in [-0.15, -0.1) is 11.8 Å². The van der Waals surface area contributed by atoms with Crippen molar-refractivity contribution in [2.45, 2.75) is 20.4 Å². The molecule has 2 amide bonds. The van der Waals surface area contributed by atoms with Crippen molar-refractivity contribution >= 4 is 40.6 Å². The van der Waals surface area contributed by atoms with Gasteiger partial charge in [-0.05, 0) is 25.2 Å². The Morgan fingerprint density at radius 2 is 2.08 bits per heavy atom. The Kier molecular flexibility index (Phi) is 6.16. The molecule has 1 fully saturated rings. The Morgan fingerprint density at radius 3 is 2.77 bits per heavy atom. The fourth-order valence-electron chi connectivity index (χ4n) is 3.06. The second kappa shape index (κ2) is 8.55. The number of rotatable bonds is 8. The molecule has 0 aliphatic carbocycles. The van der Waals surface area contributed by atoms with Crippen LogP contribution in [0.25, 0.3) is 11.0 Å². The van der Waals surface area contributed by atoms with Gasteiger partial charge in [0.25, 0.3) is 0 Å². The number of amides is 2. The average molecular weight is 375 g/mol. The molecule has 3 rings (SSSR count). The highest BCUT2D eigenvalue weighted by Gasteiger charge is 2.23. The van der Waals surface area contributed by atoms with E-state index in [2.05, 4.69) is 29.0 Å². The van der Waals surface area contributed by atoms with Gasteiger partial charge in [0.15, 0.2) is 0 Å². The summed E-state index contributed by atoms with van der Waals surface area (Å²) in [5.41, 5.74) is 1.86. The number of hydrogen-bond acceptors (Lipinski definition) is 5. The van der Waals surface area contributed by atoms with Gasteiger partial charge in [-0.3, -0.25) is 14.9 Å². The summed E-state index contributed by atoms with van der Waals surface area (Å²) in [6.45, 7) is 7.96. The number of anilines is 1. The maximum absolute atomic E-state index is 12.4. The molecule has 1 saturated heterocycles. The van der Waals surface area contributed by atoms with Crippen LogP contribution in [0.5, 0.6) is 0 Å². The standard InChI is InChI=1S/C18H25N5O2S/c1-3-21(4-2)9-10-23-15-8-6-5-7-14(15)19-18(23)20-16(24)11-22-13-26-12-17(22)25/h5-8H,3-4,9-13H2,1-2H3,(H,19,20,24). The fraction of sp³-hybridized carbons (Fsp3) is 0.500. The average Bonchev–Trinajstić information content (AvgIpc) is 3.19. The van der Waals surface area contributed by atoms with Crippen molar-refractivity contribution in [1.29, 1.82) is 0 Å². The molecule has 1 aliphatic rings.